The summed E-state index contributed by atoms with van der Waals surface area (Å²) in [6.07, 6.45) is 2.45. The average Bonchev–Trinajstić information content (AvgIpc) is 2.17. The van der Waals surface area contributed by atoms with Crippen molar-refractivity contribution in [3.05, 3.63) is 35.9 Å². The van der Waals surface area contributed by atoms with Gasteiger partial charge in [-0.25, -0.2) is 0 Å². The highest BCUT2D eigenvalue weighted by Gasteiger charge is 2.14. The summed E-state index contributed by atoms with van der Waals surface area (Å²) in [4.78, 5) is 0. The first-order valence-corrected chi connectivity index (χ1v) is 5.43. The molecule has 14 heavy (non-hydrogen) atoms. The van der Waals surface area contributed by atoms with E-state index in [1.807, 2.05) is 0 Å². The lowest BCUT2D eigenvalue weighted by Gasteiger charge is -2.25. The summed E-state index contributed by atoms with van der Waals surface area (Å²) < 4.78 is 0. The zero-order valence-corrected chi connectivity index (χ0v) is 9.51. The Labute approximate surface area is 87.5 Å². The molecule has 0 aliphatic carbocycles. The molecule has 0 saturated carbocycles. The first-order chi connectivity index (χ1) is 6.64. The van der Waals surface area contributed by atoms with Crippen LogP contribution in [0.3, 0.4) is 0 Å². The molecule has 78 valence electrons. The fraction of sp³-hybridized carbons (Fsp3) is 0.538. The summed E-state index contributed by atoms with van der Waals surface area (Å²) in [5.41, 5.74) is 1.61. The highest BCUT2D eigenvalue weighted by atomic mass is 14.9. The quantitative estimate of drug-likeness (QED) is 0.752. The zero-order valence-electron chi connectivity index (χ0n) is 9.51. The maximum absolute atomic E-state index is 3.58. The van der Waals surface area contributed by atoms with Gasteiger partial charge in [0.15, 0.2) is 0 Å². The molecule has 0 aliphatic heterocycles. The van der Waals surface area contributed by atoms with Crippen molar-refractivity contribution in [1.29, 1.82) is 0 Å². The van der Waals surface area contributed by atoms with Crippen molar-refractivity contribution in [3.63, 3.8) is 0 Å². The van der Waals surface area contributed by atoms with Crippen LogP contribution in [-0.4, -0.2) is 5.54 Å². The molecule has 0 saturated heterocycles. The van der Waals surface area contributed by atoms with Gasteiger partial charge in [-0.3, -0.25) is 0 Å². The molecule has 0 amide bonds. The van der Waals surface area contributed by atoms with Crippen LogP contribution in [0, 0.1) is 0 Å². The van der Waals surface area contributed by atoms with Crippen LogP contribution in [0.1, 0.15) is 39.2 Å². The molecular formula is C13H21N. The second-order valence-electron chi connectivity index (χ2n) is 4.47. The van der Waals surface area contributed by atoms with Crippen molar-refractivity contribution >= 4 is 0 Å². The molecule has 1 aromatic carbocycles. The second kappa shape index (κ2) is 5.16. The third-order valence-electron chi connectivity index (χ3n) is 2.49. The van der Waals surface area contributed by atoms with Gasteiger partial charge >= 0.3 is 0 Å². The number of rotatable bonds is 5. The molecular weight excluding hydrogens is 170 g/mol. The van der Waals surface area contributed by atoms with Gasteiger partial charge in [0.1, 0.15) is 0 Å². The zero-order chi connectivity index (χ0) is 10.4. The van der Waals surface area contributed by atoms with E-state index >= 15 is 0 Å². The number of hydrogen-bond acceptors (Lipinski definition) is 1. The summed E-state index contributed by atoms with van der Waals surface area (Å²) in [6.45, 7) is 7.72. The summed E-state index contributed by atoms with van der Waals surface area (Å²) in [6, 6.07) is 10.6. The molecule has 1 N–H and O–H groups in total. The second-order valence-corrected chi connectivity index (χ2v) is 4.47. The van der Waals surface area contributed by atoms with Gasteiger partial charge in [-0.1, -0.05) is 43.7 Å². The third kappa shape index (κ3) is 3.93. The maximum atomic E-state index is 3.58. The molecule has 0 bridgehead atoms. The van der Waals surface area contributed by atoms with E-state index in [1.54, 1.807) is 0 Å². The molecule has 0 unspecified atom stereocenters. The molecule has 0 aliphatic rings. The highest BCUT2D eigenvalue weighted by Crippen LogP contribution is 2.11. The first-order valence-electron chi connectivity index (χ1n) is 5.43. The van der Waals surface area contributed by atoms with Crippen molar-refractivity contribution in [1.82, 2.24) is 5.32 Å². The van der Waals surface area contributed by atoms with Crippen molar-refractivity contribution in [2.45, 2.75) is 45.7 Å². The van der Waals surface area contributed by atoms with Crippen LogP contribution in [0.2, 0.25) is 0 Å². The molecule has 0 aromatic heterocycles. The first kappa shape index (κ1) is 11.3. The van der Waals surface area contributed by atoms with Gasteiger partial charge in [-0.2, -0.15) is 0 Å². The van der Waals surface area contributed by atoms with Crippen LogP contribution in [-0.2, 0) is 6.54 Å². The van der Waals surface area contributed by atoms with Crippen LogP contribution < -0.4 is 5.32 Å². The minimum absolute atomic E-state index is 0.255. The van der Waals surface area contributed by atoms with E-state index in [0.717, 1.165) is 6.54 Å². The standard InChI is InChI=1S/C13H21N/c1-4-10-13(2,3)14-11-12-8-6-5-7-9-12/h5-9,14H,4,10-11H2,1-3H3. The highest BCUT2D eigenvalue weighted by molar-refractivity contribution is 5.14. The lowest BCUT2D eigenvalue weighted by molar-refractivity contribution is 0.357. The molecule has 0 heterocycles. The van der Waals surface area contributed by atoms with Crippen LogP contribution in [0.5, 0.6) is 0 Å². The van der Waals surface area contributed by atoms with Gasteiger partial charge in [-0.05, 0) is 25.8 Å². The lowest BCUT2D eigenvalue weighted by atomic mass is 9.98. The van der Waals surface area contributed by atoms with Gasteiger partial charge in [0.05, 0.1) is 0 Å². The van der Waals surface area contributed by atoms with Gasteiger partial charge in [0.25, 0.3) is 0 Å². The SMILES string of the molecule is CCCC(C)(C)NCc1ccccc1. The van der Waals surface area contributed by atoms with Crippen molar-refractivity contribution in [2.24, 2.45) is 0 Å². The fourth-order valence-corrected chi connectivity index (χ4v) is 1.65. The molecule has 1 aromatic rings. The van der Waals surface area contributed by atoms with Crippen LogP contribution in [0.25, 0.3) is 0 Å². The third-order valence-corrected chi connectivity index (χ3v) is 2.49. The molecule has 0 radical (unpaired) electrons. The molecule has 1 rings (SSSR count). The maximum Gasteiger partial charge on any atom is 0.0210 e. The van der Waals surface area contributed by atoms with E-state index in [4.69, 9.17) is 0 Å². The number of nitrogens with one attached hydrogen (secondary N) is 1. The topological polar surface area (TPSA) is 12.0 Å². The average molecular weight is 191 g/mol. The monoisotopic (exact) mass is 191 g/mol. The Hall–Kier alpha value is -0.820. The van der Waals surface area contributed by atoms with E-state index in [-0.39, 0.29) is 5.54 Å². The van der Waals surface area contributed by atoms with Crippen LogP contribution >= 0.6 is 0 Å². The fourth-order valence-electron chi connectivity index (χ4n) is 1.65. The Kier molecular flexibility index (Phi) is 4.15. The van der Waals surface area contributed by atoms with Gasteiger partial charge in [-0.15, -0.1) is 0 Å². The van der Waals surface area contributed by atoms with Crippen molar-refractivity contribution < 1.29 is 0 Å². The molecule has 1 nitrogen and oxygen atoms in total. The normalized spacial score (nSPS) is 11.6. The van der Waals surface area contributed by atoms with Crippen LogP contribution in [0.15, 0.2) is 30.3 Å². The van der Waals surface area contributed by atoms with E-state index in [1.165, 1.54) is 18.4 Å². The minimum Gasteiger partial charge on any atom is -0.308 e. The Bertz CT molecular complexity index is 251. The molecule has 0 fully saturated rings. The molecule has 0 spiro atoms. The van der Waals surface area contributed by atoms with E-state index in [9.17, 15) is 0 Å². The van der Waals surface area contributed by atoms with Gasteiger partial charge in [0.2, 0.25) is 0 Å². The summed E-state index contributed by atoms with van der Waals surface area (Å²) in [5, 5.41) is 3.58. The number of benzene rings is 1. The molecule has 0 atom stereocenters. The van der Waals surface area contributed by atoms with E-state index in [2.05, 4.69) is 56.4 Å². The van der Waals surface area contributed by atoms with Gasteiger partial charge in [0, 0.05) is 12.1 Å². The Balaban J connectivity index is 2.40. The number of hydrogen-bond donors (Lipinski definition) is 1. The lowest BCUT2D eigenvalue weighted by Crippen LogP contribution is -2.38. The predicted octanol–water partition coefficient (Wildman–Crippen LogP) is 3.35. The van der Waals surface area contributed by atoms with E-state index < -0.39 is 0 Å². The Morgan fingerprint density at radius 1 is 1.14 bits per heavy atom. The Morgan fingerprint density at radius 3 is 2.36 bits per heavy atom. The van der Waals surface area contributed by atoms with E-state index in [0.29, 0.717) is 0 Å². The van der Waals surface area contributed by atoms with Gasteiger partial charge < -0.3 is 5.32 Å². The van der Waals surface area contributed by atoms with Crippen molar-refractivity contribution in [3.8, 4) is 0 Å². The largest absolute Gasteiger partial charge is 0.308 e. The Morgan fingerprint density at radius 2 is 1.79 bits per heavy atom. The molecule has 1 heteroatoms. The van der Waals surface area contributed by atoms with Crippen LogP contribution in [0.4, 0.5) is 0 Å². The summed E-state index contributed by atoms with van der Waals surface area (Å²) in [7, 11) is 0. The summed E-state index contributed by atoms with van der Waals surface area (Å²) >= 11 is 0. The predicted molar refractivity (Wildman–Crippen MR) is 62.3 cm³/mol. The summed E-state index contributed by atoms with van der Waals surface area (Å²) in [5.74, 6) is 0. The van der Waals surface area contributed by atoms with Crippen molar-refractivity contribution in [2.75, 3.05) is 0 Å². The minimum atomic E-state index is 0.255. The smallest absolute Gasteiger partial charge is 0.0210 e.